The van der Waals surface area contributed by atoms with Gasteiger partial charge in [-0.25, -0.2) is 11.7 Å². The number of hydrazine groups is 2. The van der Waals surface area contributed by atoms with Crippen LogP contribution in [0.2, 0.25) is 0 Å². The molecule has 2 aromatic heterocycles. The number of nitrogens with zero attached hydrogens (tertiary/aromatic N) is 2. The van der Waals surface area contributed by atoms with Gasteiger partial charge < -0.3 is 0 Å². The van der Waals surface area contributed by atoms with Crippen molar-refractivity contribution in [3.05, 3.63) is 59.7 Å². The van der Waals surface area contributed by atoms with Crippen molar-refractivity contribution in [2.45, 2.75) is 5.75 Å². The Labute approximate surface area is 143 Å². The molecule has 0 atom stereocenters. The van der Waals surface area contributed by atoms with E-state index in [9.17, 15) is 18.0 Å². The zero-order chi connectivity index (χ0) is 18.9. The van der Waals surface area contributed by atoms with Gasteiger partial charge in [0.15, 0.2) is 0 Å². The largest absolute Gasteiger partial charge is 0.290 e. The van der Waals surface area contributed by atoms with E-state index in [0.717, 1.165) is 0 Å². The summed E-state index contributed by atoms with van der Waals surface area (Å²) in [7, 11) is -4.15. The fourth-order valence-electron chi connectivity index (χ4n) is 1.56. The van der Waals surface area contributed by atoms with Crippen LogP contribution in [0.4, 0.5) is 0 Å². The van der Waals surface area contributed by atoms with E-state index < -0.39 is 21.8 Å². The number of carbonyl (C=O) groups is 2. The molecule has 2 heterocycles. The van der Waals surface area contributed by atoms with Crippen molar-refractivity contribution in [2.75, 3.05) is 0 Å². The first kappa shape index (κ1) is 20.1. The van der Waals surface area contributed by atoms with Crippen LogP contribution in [0, 0.1) is 0 Å². The lowest BCUT2D eigenvalue weighted by Crippen LogP contribution is -2.30. The van der Waals surface area contributed by atoms with E-state index in [1.165, 1.54) is 30.7 Å². The van der Waals surface area contributed by atoms with Crippen LogP contribution in [-0.4, -0.2) is 34.8 Å². The number of aromatic nitrogens is 2. The minimum Gasteiger partial charge on any atom is -0.290 e. The second kappa shape index (κ2) is 9.39. The second-order valence-corrected chi connectivity index (χ2v) is 5.90. The highest BCUT2D eigenvalue weighted by Gasteiger charge is 2.10. The molecule has 0 aliphatic rings. The predicted molar refractivity (Wildman–Crippen MR) is 87.0 cm³/mol. The normalized spacial score (nSPS) is 10.2. The van der Waals surface area contributed by atoms with E-state index in [-0.39, 0.29) is 17.2 Å². The van der Waals surface area contributed by atoms with Gasteiger partial charge in [-0.3, -0.25) is 35.0 Å². The molecule has 0 aromatic carbocycles. The van der Waals surface area contributed by atoms with Gasteiger partial charge in [0.05, 0.1) is 5.69 Å². The van der Waals surface area contributed by atoms with Crippen LogP contribution in [0.3, 0.4) is 0 Å². The zero-order valence-corrected chi connectivity index (χ0v) is 13.6. The molecule has 0 aliphatic heterocycles. The number of nitrogens with two attached hydrogens (primary N) is 2. The van der Waals surface area contributed by atoms with E-state index in [2.05, 4.69) is 9.97 Å². The lowest BCUT2D eigenvalue weighted by molar-refractivity contribution is 0.0945. The van der Waals surface area contributed by atoms with Crippen LogP contribution in [-0.2, 0) is 15.9 Å². The van der Waals surface area contributed by atoms with E-state index in [0.29, 0.717) is 5.56 Å². The summed E-state index contributed by atoms with van der Waals surface area (Å²) in [6.07, 6.45) is 4.32. The van der Waals surface area contributed by atoms with E-state index in [1.54, 1.807) is 12.1 Å². The topological polar surface area (TPSA) is 190 Å². The highest BCUT2D eigenvalue weighted by molar-refractivity contribution is 7.85. The van der Waals surface area contributed by atoms with Crippen molar-refractivity contribution in [2.24, 2.45) is 11.7 Å². The summed E-state index contributed by atoms with van der Waals surface area (Å²) < 4.78 is 29.6. The number of nitrogen functional groups attached to an aromatic ring is 2. The van der Waals surface area contributed by atoms with Gasteiger partial charge in [0, 0.05) is 29.7 Å². The van der Waals surface area contributed by atoms with Crippen LogP contribution >= 0.6 is 0 Å². The van der Waals surface area contributed by atoms with Gasteiger partial charge >= 0.3 is 0 Å². The average molecular weight is 368 g/mol. The third-order valence-electron chi connectivity index (χ3n) is 2.61. The smallest absolute Gasteiger partial charge is 0.270 e. The van der Waals surface area contributed by atoms with Crippen LogP contribution in [0.5, 0.6) is 0 Å². The molecule has 0 aliphatic carbocycles. The highest BCUT2D eigenvalue weighted by atomic mass is 32.2. The first-order valence-electron chi connectivity index (χ1n) is 6.59. The Morgan fingerprint density at radius 2 is 1.52 bits per heavy atom. The number of hydrogen-bond donors (Lipinski definition) is 5. The molecule has 0 spiro atoms. The van der Waals surface area contributed by atoms with Crippen LogP contribution < -0.4 is 22.5 Å². The summed E-state index contributed by atoms with van der Waals surface area (Å²) in [6, 6.07) is 5.77. The molecule has 2 amide bonds. The Balaban J connectivity index is 0.000000271. The van der Waals surface area contributed by atoms with Crippen molar-refractivity contribution in [1.29, 1.82) is 0 Å². The minimum atomic E-state index is -4.15. The molecule has 0 fully saturated rings. The monoisotopic (exact) mass is 368 g/mol. The van der Waals surface area contributed by atoms with E-state index >= 15 is 0 Å². The summed E-state index contributed by atoms with van der Waals surface area (Å²) in [5, 5.41) is 0. The molecular weight excluding hydrogens is 352 g/mol. The Morgan fingerprint density at radius 1 is 1.00 bits per heavy atom. The maximum Gasteiger partial charge on any atom is 0.270 e. The molecule has 0 saturated carbocycles. The zero-order valence-electron chi connectivity index (χ0n) is 12.8. The lowest BCUT2D eigenvalue weighted by Gasteiger charge is -2.01. The molecule has 25 heavy (non-hydrogen) atoms. The summed E-state index contributed by atoms with van der Waals surface area (Å²) in [5.74, 6) is 8.27. The molecule has 11 nitrogen and oxygen atoms in total. The van der Waals surface area contributed by atoms with Gasteiger partial charge in [-0.05, 0) is 24.3 Å². The van der Waals surface area contributed by atoms with Gasteiger partial charge in [0.2, 0.25) is 0 Å². The maximum absolute atomic E-state index is 11.1. The first-order chi connectivity index (χ1) is 11.8. The van der Waals surface area contributed by atoms with E-state index in [1.807, 2.05) is 10.9 Å². The average Bonchev–Trinajstić information content (AvgIpc) is 2.60. The van der Waals surface area contributed by atoms with Crippen molar-refractivity contribution in [3.63, 3.8) is 0 Å². The number of pyridine rings is 2. The van der Waals surface area contributed by atoms with Crippen molar-refractivity contribution in [1.82, 2.24) is 20.8 Å². The fourth-order valence-corrected chi connectivity index (χ4v) is 2.09. The molecule has 0 radical (unpaired) electrons. The molecule has 2 rings (SSSR count). The number of rotatable bonds is 4. The maximum atomic E-state index is 11.1. The van der Waals surface area contributed by atoms with Crippen molar-refractivity contribution >= 4 is 21.9 Å². The summed E-state index contributed by atoms with van der Waals surface area (Å²) in [5.41, 5.74) is 4.66. The number of nitrogens with one attached hydrogen (secondary N) is 2. The SMILES string of the molecule is NNC(=O)c1ccnc(CS(=O)(=O)O)c1.NNC(=O)c1ccncc1. The molecule has 134 valence electrons. The number of carbonyl (C=O) groups excluding carboxylic acids is 2. The van der Waals surface area contributed by atoms with Gasteiger partial charge in [-0.15, -0.1) is 0 Å². The summed E-state index contributed by atoms with van der Waals surface area (Å²) in [4.78, 5) is 29.2. The summed E-state index contributed by atoms with van der Waals surface area (Å²) in [6.45, 7) is 0. The highest BCUT2D eigenvalue weighted by Crippen LogP contribution is 2.05. The Bertz CT molecular complexity index is 828. The fraction of sp³-hybridized carbons (Fsp3) is 0.0769. The van der Waals surface area contributed by atoms with E-state index in [4.69, 9.17) is 16.2 Å². The first-order valence-corrected chi connectivity index (χ1v) is 8.19. The lowest BCUT2D eigenvalue weighted by atomic mass is 10.2. The molecule has 7 N–H and O–H groups in total. The third-order valence-corrected chi connectivity index (χ3v) is 3.27. The number of amides is 2. The van der Waals surface area contributed by atoms with Gasteiger partial charge in [0.25, 0.3) is 21.9 Å². The summed E-state index contributed by atoms with van der Waals surface area (Å²) >= 11 is 0. The van der Waals surface area contributed by atoms with Gasteiger partial charge in [-0.2, -0.15) is 8.42 Å². The Hall–Kier alpha value is -2.93. The molecule has 2 aromatic rings. The Morgan fingerprint density at radius 3 is 2.04 bits per heavy atom. The van der Waals surface area contributed by atoms with Crippen molar-refractivity contribution < 1.29 is 22.6 Å². The molecule has 12 heteroatoms. The Kier molecular flexibility index (Phi) is 7.55. The standard InChI is InChI=1S/C7H9N3O4S.C6H7N3O/c8-10-7(11)5-1-2-9-6(3-5)4-15(12,13)14;7-9-6(10)5-1-3-8-4-2-5/h1-3H,4,8H2,(H,10,11)(H,12,13,14);1-4H,7H2,(H,9,10). The predicted octanol–water partition coefficient (Wildman–Crippen LogP) is -1.24. The van der Waals surface area contributed by atoms with Gasteiger partial charge in [-0.1, -0.05) is 0 Å². The third kappa shape index (κ3) is 7.45. The van der Waals surface area contributed by atoms with Crippen LogP contribution in [0.1, 0.15) is 26.4 Å². The van der Waals surface area contributed by atoms with Crippen LogP contribution in [0.15, 0.2) is 42.9 Å². The minimum absolute atomic E-state index is 0.0681. The van der Waals surface area contributed by atoms with Crippen molar-refractivity contribution in [3.8, 4) is 0 Å². The molecule has 0 bridgehead atoms. The second-order valence-electron chi connectivity index (χ2n) is 4.44. The quantitative estimate of drug-likeness (QED) is 0.190. The van der Waals surface area contributed by atoms with Crippen LogP contribution in [0.25, 0.3) is 0 Å². The molecular formula is C13H16N6O5S. The molecule has 0 saturated heterocycles. The van der Waals surface area contributed by atoms with Gasteiger partial charge in [0.1, 0.15) is 5.75 Å². The number of hydrogen-bond acceptors (Lipinski definition) is 8. The molecule has 0 unspecified atom stereocenters.